The van der Waals surface area contributed by atoms with Crippen molar-refractivity contribution in [1.29, 1.82) is 0 Å². The van der Waals surface area contributed by atoms with Crippen LogP contribution in [0.2, 0.25) is 0 Å². The molecule has 0 radical (unpaired) electrons. The second-order valence-corrected chi connectivity index (χ2v) is 11.2. The van der Waals surface area contributed by atoms with Gasteiger partial charge in [-0.05, 0) is 69.1 Å². The SMILES string of the molecule is CC(=O)c1ccc2n1CCN(C)C21CCN(C(=O)c2ccc(S(=O)(=O)NC3CC3)cc2)CC1. The minimum atomic E-state index is -3.53. The van der Waals surface area contributed by atoms with Crippen LogP contribution in [0.5, 0.6) is 0 Å². The number of fused-ring (bicyclic) bond motifs is 2. The lowest BCUT2D eigenvalue weighted by molar-refractivity contribution is 0.0128. The van der Waals surface area contributed by atoms with E-state index in [4.69, 9.17) is 0 Å². The number of carbonyl (C=O) groups excluding carboxylic acids is 2. The molecule has 1 amide bonds. The number of piperidine rings is 1. The summed E-state index contributed by atoms with van der Waals surface area (Å²) in [7, 11) is -1.41. The lowest BCUT2D eigenvalue weighted by atomic mass is 9.81. The van der Waals surface area contributed by atoms with E-state index in [2.05, 4.69) is 27.3 Å². The van der Waals surface area contributed by atoms with Crippen LogP contribution in [0, 0.1) is 0 Å². The number of amides is 1. The van der Waals surface area contributed by atoms with E-state index in [1.165, 1.54) is 12.1 Å². The number of hydrogen-bond acceptors (Lipinski definition) is 5. The summed E-state index contributed by atoms with van der Waals surface area (Å²) >= 11 is 0. The Hall–Kier alpha value is -2.49. The molecule has 9 heteroatoms. The summed E-state index contributed by atoms with van der Waals surface area (Å²) in [6.07, 6.45) is 3.33. The van der Waals surface area contributed by atoms with Crippen LogP contribution in [0.1, 0.15) is 59.1 Å². The van der Waals surface area contributed by atoms with E-state index in [-0.39, 0.29) is 28.2 Å². The maximum absolute atomic E-state index is 13.1. The van der Waals surface area contributed by atoms with Crippen LogP contribution in [-0.2, 0) is 22.1 Å². The fourth-order valence-corrected chi connectivity index (χ4v) is 6.55. The van der Waals surface area contributed by atoms with Crippen LogP contribution in [0.25, 0.3) is 0 Å². The molecule has 1 aromatic carbocycles. The van der Waals surface area contributed by atoms with Crippen molar-refractivity contribution in [2.45, 2.75) is 55.6 Å². The predicted molar refractivity (Wildman–Crippen MR) is 124 cm³/mol. The molecule has 5 rings (SSSR count). The highest BCUT2D eigenvalue weighted by atomic mass is 32.2. The molecule has 2 fully saturated rings. The van der Waals surface area contributed by atoms with Crippen molar-refractivity contribution in [3.05, 3.63) is 53.3 Å². The number of rotatable bonds is 5. The number of likely N-dealkylation sites (N-methyl/N-ethyl adjacent to an activating group) is 1. The van der Waals surface area contributed by atoms with Crippen LogP contribution in [0.3, 0.4) is 0 Å². The first kappa shape index (κ1) is 22.3. The molecule has 1 aromatic heterocycles. The number of ketones is 1. The summed E-state index contributed by atoms with van der Waals surface area (Å²) < 4.78 is 29.6. The van der Waals surface area contributed by atoms with Gasteiger partial charge in [-0.15, -0.1) is 0 Å². The molecule has 33 heavy (non-hydrogen) atoms. The van der Waals surface area contributed by atoms with Gasteiger partial charge in [0, 0.05) is 50.4 Å². The van der Waals surface area contributed by atoms with E-state index in [0.717, 1.165) is 50.2 Å². The van der Waals surface area contributed by atoms with Crippen molar-refractivity contribution in [2.24, 2.45) is 0 Å². The molecule has 3 aliphatic rings. The van der Waals surface area contributed by atoms with Crippen molar-refractivity contribution in [3.8, 4) is 0 Å². The van der Waals surface area contributed by atoms with Gasteiger partial charge >= 0.3 is 0 Å². The molecule has 0 unspecified atom stereocenters. The number of benzene rings is 1. The summed E-state index contributed by atoms with van der Waals surface area (Å²) in [6, 6.07) is 10.3. The Morgan fingerprint density at radius 1 is 0.970 bits per heavy atom. The lowest BCUT2D eigenvalue weighted by Crippen LogP contribution is -2.56. The number of Topliss-reactive ketones (excluding diaryl/α,β-unsaturated/α-hetero) is 1. The average molecular weight is 471 g/mol. The second-order valence-electron chi connectivity index (χ2n) is 9.48. The molecule has 0 atom stereocenters. The first-order chi connectivity index (χ1) is 15.7. The van der Waals surface area contributed by atoms with Gasteiger partial charge in [-0.3, -0.25) is 14.5 Å². The highest BCUT2D eigenvalue weighted by molar-refractivity contribution is 7.89. The maximum Gasteiger partial charge on any atom is 0.253 e. The van der Waals surface area contributed by atoms with Gasteiger partial charge in [0.25, 0.3) is 5.91 Å². The molecule has 1 aliphatic carbocycles. The van der Waals surface area contributed by atoms with E-state index in [1.54, 1.807) is 19.1 Å². The number of nitrogens with one attached hydrogen (secondary N) is 1. The Morgan fingerprint density at radius 2 is 1.64 bits per heavy atom. The van der Waals surface area contributed by atoms with Crippen molar-refractivity contribution in [3.63, 3.8) is 0 Å². The van der Waals surface area contributed by atoms with Gasteiger partial charge in [0.1, 0.15) is 0 Å². The van der Waals surface area contributed by atoms with Gasteiger partial charge in [0.05, 0.1) is 16.1 Å². The van der Waals surface area contributed by atoms with Crippen molar-refractivity contribution < 1.29 is 18.0 Å². The van der Waals surface area contributed by atoms with Crippen LogP contribution >= 0.6 is 0 Å². The van der Waals surface area contributed by atoms with Crippen molar-refractivity contribution in [1.82, 2.24) is 19.1 Å². The molecule has 8 nitrogen and oxygen atoms in total. The van der Waals surface area contributed by atoms with Crippen LogP contribution in [-0.4, -0.2) is 67.2 Å². The summed E-state index contributed by atoms with van der Waals surface area (Å²) in [5.41, 5.74) is 2.22. The van der Waals surface area contributed by atoms with Gasteiger partial charge < -0.3 is 9.47 Å². The van der Waals surface area contributed by atoms with E-state index >= 15 is 0 Å². The third kappa shape index (κ3) is 3.92. The minimum absolute atomic E-state index is 0.0440. The third-order valence-corrected chi connectivity index (χ3v) is 8.93. The highest BCUT2D eigenvalue weighted by Crippen LogP contribution is 2.41. The molecule has 2 aliphatic heterocycles. The lowest BCUT2D eigenvalue weighted by Gasteiger charge is -2.50. The van der Waals surface area contributed by atoms with Crippen molar-refractivity contribution in [2.75, 3.05) is 26.7 Å². The smallest absolute Gasteiger partial charge is 0.253 e. The van der Waals surface area contributed by atoms with Gasteiger partial charge in [-0.2, -0.15) is 0 Å². The number of aromatic nitrogens is 1. The van der Waals surface area contributed by atoms with Gasteiger partial charge in [0.2, 0.25) is 10.0 Å². The molecule has 176 valence electrons. The third-order valence-electron chi connectivity index (χ3n) is 7.40. The van der Waals surface area contributed by atoms with E-state index < -0.39 is 10.0 Å². The molecule has 2 aromatic rings. The number of likely N-dealkylation sites (tertiary alicyclic amines) is 1. The Labute approximate surface area is 194 Å². The molecular formula is C24H30N4O4S. The maximum atomic E-state index is 13.1. The zero-order valence-electron chi connectivity index (χ0n) is 19.1. The Bertz CT molecular complexity index is 1190. The topological polar surface area (TPSA) is 91.7 Å². The molecule has 3 heterocycles. The standard InChI is InChI=1S/C24H30N4O4S/c1-17(29)21-9-10-22-24(26(2)15-16-28(21)22)11-13-27(14-12-24)23(30)18-3-7-20(8-4-18)33(31,32)25-19-5-6-19/h3-4,7-10,19,25H,5-6,11-16H2,1-2H3. The predicted octanol–water partition coefficient (Wildman–Crippen LogP) is 2.21. The normalized spacial score (nSPS) is 20.6. The quantitative estimate of drug-likeness (QED) is 0.677. The number of hydrogen-bond donors (Lipinski definition) is 1. The molecule has 1 N–H and O–H groups in total. The molecule has 1 saturated heterocycles. The molecule has 1 spiro atoms. The van der Waals surface area contributed by atoms with Gasteiger partial charge in [-0.1, -0.05) is 0 Å². The number of carbonyl (C=O) groups is 2. The fourth-order valence-electron chi connectivity index (χ4n) is 5.25. The Morgan fingerprint density at radius 3 is 2.24 bits per heavy atom. The second kappa shape index (κ2) is 8.07. The first-order valence-corrected chi connectivity index (χ1v) is 13.0. The van der Waals surface area contributed by atoms with E-state index in [0.29, 0.717) is 18.7 Å². The molecule has 1 saturated carbocycles. The van der Waals surface area contributed by atoms with E-state index in [1.807, 2.05) is 11.0 Å². The van der Waals surface area contributed by atoms with Gasteiger partial charge in [-0.25, -0.2) is 13.1 Å². The van der Waals surface area contributed by atoms with Crippen LogP contribution in [0.15, 0.2) is 41.3 Å². The Kier molecular flexibility index (Phi) is 5.46. The monoisotopic (exact) mass is 470 g/mol. The van der Waals surface area contributed by atoms with Gasteiger partial charge in [0.15, 0.2) is 5.78 Å². The average Bonchev–Trinajstić information content (AvgIpc) is 3.49. The zero-order valence-corrected chi connectivity index (χ0v) is 19.9. The Balaban J connectivity index is 1.30. The van der Waals surface area contributed by atoms with Crippen molar-refractivity contribution >= 4 is 21.7 Å². The summed E-state index contributed by atoms with van der Waals surface area (Å²) in [6.45, 7) is 4.47. The van der Waals surface area contributed by atoms with E-state index in [9.17, 15) is 18.0 Å². The number of nitrogens with zero attached hydrogens (tertiary/aromatic N) is 3. The molecule has 0 bridgehead atoms. The highest BCUT2D eigenvalue weighted by Gasteiger charge is 2.45. The van der Waals surface area contributed by atoms with Crippen LogP contribution in [0.4, 0.5) is 0 Å². The molecular weight excluding hydrogens is 440 g/mol. The number of sulfonamides is 1. The largest absolute Gasteiger partial charge is 0.339 e. The summed E-state index contributed by atoms with van der Waals surface area (Å²) in [5, 5.41) is 0. The minimum Gasteiger partial charge on any atom is -0.339 e. The summed E-state index contributed by atoms with van der Waals surface area (Å²) in [5.74, 6) is -0.00595. The van der Waals surface area contributed by atoms with Crippen LogP contribution < -0.4 is 4.72 Å². The fraction of sp³-hybridized carbons (Fsp3) is 0.500. The summed E-state index contributed by atoms with van der Waals surface area (Å²) in [4.78, 5) is 29.6. The first-order valence-electron chi connectivity index (χ1n) is 11.6. The zero-order chi connectivity index (χ0) is 23.4.